The molecule has 2 amide bonds. The van der Waals surface area contributed by atoms with Crippen LogP contribution in [0.5, 0.6) is 5.75 Å². The molecule has 1 N–H and O–H groups in total. The van der Waals surface area contributed by atoms with Crippen LogP contribution in [0.25, 0.3) is 0 Å². The van der Waals surface area contributed by atoms with E-state index in [1.54, 1.807) is 36.3 Å². The molecule has 0 bridgehead atoms. The average Bonchev–Trinajstić information content (AvgIpc) is 3.13. The summed E-state index contributed by atoms with van der Waals surface area (Å²) in [6.07, 6.45) is 0.789. The summed E-state index contributed by atoms with van der Waals surface area (Å²) < 4.78 is 5.14. The van der Waals surface area contributed by atoms with E-state index in [-0.39, 0.29) is 18.2 Å². The molecule has 0 aromatic heterocycles. The van der Waals surface area contributed by atoms with Crippen molar-refractivity contribution in [2.75, 3.05) is 19.0 Å². The van der Waals surface area contributed by atoms with Gasteiger partial charge in [0.15, 0.2) is 5.17 Å². The highest BCUT2D eigenvalue weighted by atomic mass is 32.2. The minimum Gasteiger partial charge on any atom is -0.497 e. The minimum absolute atomic E-state index is 0.0746. The van der Waals surface area contributed by atoms with Gasteiger partial charge in [-0.2, -0.15) is 0 Å². The number of anilines is 1. The fourth-order valence-corrected chi connectivity index (χ4v) is 4.67. The molecule has 0 radical (unpaired) electrons. The molecule has 3 aromatic rings. The van der Waals surface area contributed by atoms with Crippen LogP contribution in [0.2, 0.25) is 0 Å². The molecule has 7 heteroatoms. The summed E-state index contributed by atoms with van der Waals surface area (Å²) in [5.41, 5.74) is 2.59. The Balaban J connectivity index is 1.46. The summed E-state index contributed by atoms with van der Waals surface area (Å²) in [6.45, 7) is 0.512. The second kappa shape index (κ2) is 10.8. The smallest absolute Gasteiger partial charge is 0.242 e. The van der Waals surface area contributed by atoms with Gasteiger partial charge in [-0.1, -0.05) is 60.3 Å². The van der Waals surface area contributed by atoms with Crippen LogP contribution in [0.3, 0.4) is 0 Å². The second-order valence-electron chi connectivity index (χ2n) is 7.54. The van der Waals surface area contributed by atoms with Gasteiger partial charge in [0.2, 0.25) is 11.8 Å². The Labute approximate surface area is 197 Å². The van der Waals surface area contributed by atoms with Crippen LogP contribution in [0.4, 0.5) is 11.4 Å². The third-order valence-electron chi connectivity index (χ3n) is 5.21. The normalized spacial score (nSPS) is 16.8. The lowest BCUT2D eigenvalue weighted by atomic mass is 10.1. The Hall–Kier alpha value is -3.58. The van der Waals surface area contributed by atoms with Crippen molar-refractivity contribution in [3.63, 3.8) is 0 Å². The predicted molar refractivity (Wildman–Crippen MR) is 133 cm³/mol. The Morgan fingerprint density at radius 3 is 2.33 bits per heavy atom. The van der Waals surface area contributed by atoms with Gasteiger partial charge in [-0.15, -0.1) is 0 Å². The fraction of sp³-hybridized carbons (Fsp3) is 0.192. The zero-order valence-electron chi connectivity index (χ0n) is 18.3. The third kappa shape index (κ3) is 6.02. The van der Waals surface area contributed by atoms with Gasteiger partial charge in [0.1, 0.15) is 11.0 Å². The molecular weight excluding hydrogens is 434 g/mol. The van der Waals surface area contributed by atoms with Gasteiger partial charge >= 0.3 is 0 Å². The van der Waals surface area contributed by atoms with Crippen LogP contribution < -0.4 is 10.1 Å². The van der Waals surface area contributed by atoms with Gasteiger partial charge in [-0.05, 0) is 48.4 Å². The molecule has 1 aliphatic heterocycles. The van der Waals surface area contributed by atoms with Gasteiger partial charge in [-0.3, -0.25) is 14.5 Å². The van der Waals surface area contributed by atoms with E-state index in [4.69, 9.17) is 9.73 Å². The predicted octanol–water partition coefficient (Wildman–Crippen LogP) is 4.90. The molecule has 6 nitrogen and oxygen atoms in total. The quantitative estimate of drug-likeness (QED) is 0.520. The van der Waals surface area contributed by atoms with Gasteiger partial charge in [0.05, 0.1) is 12.8 Å². The van der Waals surface area contributed by atoms with E-state index in [0.29, 0.717) is 29.6 Å². The lowest BCUT2D eigenvalue weighted by molar-refractivity contribution is -0.128. The van der Waals surface area contributed by atoms with Crippen molar-refractivity contribution in [2.45, 2.75) is 18.1 Å². The van der Waals surface area contributed by atoms with E-state index in [9.17, 15) is 9.59 Å². The number of para-hydroxylation sites is 1. The number of rotatable bonds is 8. The van der Waals surface area contributed by atoms with E-state index in [1.165, 1.54) is 11.8 Å². The first-order valence-electron chi connectivity index (χ1n) is 10.7. The Kier molecular flexibility index (Phi) is 7.42. The first kappa shape index (κ1) is 22.6. The number of hydrogen-bond acceptors (Lipinski definition) is 5. The lowest BCUT2D eigenvalue weighted by Gasteiger charge is -2.16. The van der Waals surface area contributed by atoms with Crippen LogP contribution in [0.15, 0.2) is 89.9 Å². The maximum atomic E-state index is 13.2. The summed E-state index contributed by atoms with van der Waals surface area (Å²) >= 11 is 1.35. The van der Waals surface area contributed by atoms with Gasteiger partial charge in [0.25, 0.3) is 0 Å². The van der Waals surface area contributed by atoms with Crippen molar-refractivity contribution in [1.82, 2.24) is 4.90 Å². The fourth-order valence-electron chi connectivity index (χ4n) is 3.48. The molecular formula is C26H25N3O3S. The monoisotopic (exact) mass is 459 g/mol. The largest absolute Gasteiger partial charge is 0.497 e. The van der Waals surface area contributed by atoms with Crippen LogP contribution in [0.1, 0.15) is 12.0 Å². The van der Waals surface area contributed by atoms with Crippen LogP contribution in [-0.4, -0.2) is 40.8 Å². The topological polar surface area (TPSA) is 71.0 Å². The van der Waals surface area contributed by atoms with Crippen molar-refractivity contribution in [3.05, 3.63) is 90.5 Å². The highest BCUT2D eigenvalue weighted by Crippen LogP contribution is 2.32. The van der Waals surface area contributed by atoms with Crippen molar-refractivity contribution in [2.24, 2.45) is 4.99 Å². The van der Waals surface area contributed by atoms with Crippen molar-refractivity contribution in [1.29, 1.82) is 0 Å². The van der Waals surface area contributed by atoms with E-state index < -0.39 is 5.25 Å². The van der Waals surface area contributed by atoms with Crippen molar-refractivity contribution < 1.29 is 14.3 Å². The SMILES string of the molecule is COc1ccc(NC(=O)CC2SC(=Nc3ccccc3)N(CCc3ccccc3)C2=O)cc1. The number of nitrogens with zero attached hydrogens (tertiary/aromatic N) is 2. The number of methoxy groups -OCH3 is 1. The molecule has 4 rings (SSSR count). The second-order valence-corrected chi connectivity index (χ2v) is 8.71. The third-order valence-corrected chi connectivity index (χ3v) is 6.39. The molecule has 1 unspecified atom stereocenters. The molecule has 1 saturated heterocycles. The number of nitrogens with one attached hydrogen (secondary N) is 1. The molecule has 1 fully saturated rings. The number of carbonyl (C=O) groups is 2. The lowest BCUT2D eigenvalue weighted by Crippen LogP contribution is -2.35. The number of benzene rings is 3. The number of hydrogen-bond donors (Lipinski definition) is 1. The number of carbonyl (C=O) groups excluding carboxylic acids is 2. The van der Waals surface area contributed by atoms with Crippen molar-refractivity contribution >= 4 is 40.1 Å². The van der Waals surface area contributed by atoms with Crippen molar-refractivity contribution in [3.8, 4) is 5.75 Å². The minimum atomic E-state index is -0.513. The molecule has 0 spiro atoms. The Morgan fingerprint density at radius 2 is 1.67 bits per heavy atom. The van der Waals surface area contributed by atoms with E-state index in [0.717, 1.165) is 11.3 Å². The van der Waals surface area contributed by atoms with Gasteiger partial charge < -0.3 is 10.1 Å². The number of amidine groups is 1. The van der Waals surface area contributed by atoms with E-state index in [1.807, 2.05) is 60.7 Å². The Morgan fingerprint density at radius 1 is 1.00 bits per heavy atom. The van der Waals surface area contributed by atoms with Gasteiger partial charge in [-0.25, -0.2) is 4.99 Å². The zero-order chi connectivity index (χ0) is 23.0. The summed E-state index contributed by atoms with van der Waals surface area (Å²) in [6, 6.07) is 26.7. The number of ether oxygens (including phenoxy) is 1. The maximum Gasteiger partial charge on any atom is 0.242 e. The summed E-state index contributed by atoms with van der Waals surface area (Å²) in [7, 11) is 1.59. The highest BCUT2D eigenvalue weighted by Gasteiger charge is 2.39. The molecule has 3 aromatic carbocycles. The number of thioether (sulfide) groups is 1. The highest BCUT2D eigenvalue weighted by molar-refractivity contribution is 8.15. The number of amides is 2. The molecule has 0 aliphatic carbocycles. The molecule has 0 saturated carbocycles. The molecule has 1 atom stereocenters. The average molecular weight is 460 g/mol. The van der Waals surface area contributed by atoms with E-state index >= 15 is 0 Å². The molecule has 1 aliphatic rings. The van der Waals surface area contributed by atoms with Crippen LogP contribution in [-0.2, 0) is 16.0 Å². The molecule has 1 heterocycles. The summed E-state index contributed by atoms with van der Waals surface area (Å²) in [5.74, 6) is 0.413. The van der Waals surface area contributed by atoms with Gasteiger partial charge in [0, 0.05) is 18.7 Å². The number of aliphatic imine (C=N–C) groups is 1. The first-order valence-corrected chi connectivity index (χ1v) is 11.6. The zero-order valence-corrected chi connectivity index (χ0v) is 19.1. The van der Waals surface area contributed by atoms with Crippen LogP contribution in [0, 0.1) is 0 Å². The Bertz CT molecular complexity index is 1120. The van der Waals surface area contributed by atoms with E-state index in [2.05, 4.69) is 5.32 Å². The van der Waals surface area contributed by atoms with Crippen LogP contribution >= 0.6 is 11.8 Å². The maximum absolute atomic E-state index is 13.2. The summed E-state index contributed by atoms with van der Waals surface area (Å²) in [5, 5.41) is 2.98. The molecule has 168 valence electrons. The summed E-state index contributed by atoms with van der Waals surface area (Å²) in [4.78, 5) is 32.3. The first-order chi connectivity index (χ1) is 16.1. The molecule has 33 heavy (non-hydrogen) atoms. The standard InChI is InChI=1S/C26H25N3O3S/c1-32-22-14-12-21(13-15-22)27-24(30)18-23-25(31)29(17-16-19-8-4-2-5-9-19)26(33-23)28-20-10-6-3-7-11-20/h2-15,23H,16-18H2,1H3,(H,27,30).